The van der Waals surface area contributed by atoms with E-state index in [0.29, 0.717) is 5.72 Å². The van der Waals surface area contributed by atoms with Crippen molar-refractivity contribution in [1.82, 2.24) is 9.97 Å². The number of hydrogen-bond donors (Lipinski definition) is 0. The summed E-state index contributed by atoms with van der Waals surface area (Å²) in [6.07, 6.45) is 0. The second-order valence-corrected chi connectivity index (χ2v) is 7.82. The lowest BCUT2D eigenvalue weighted by molar-refractivity contribution is 0.00578. The Morgan fingerprint density at radius 1 is 0.667 bits per heavy atom. The molecule has 1 fully saturated rings. The molecular formula is C22H23BN2O2. The van der Waals surface area contributed by atoms with Gasteiger partial charge in [-0.25, -0.2) is 9.97 Å². The lowest BCUT2D eigenvalue weighted by Crippen LogP contribution is -2.41. The zero-order chi connectivity index (χ0) is 19.1. The third-order valence-electron chi connectivity index (χ3n) is 5.35. The average molecular weight is 358 g/mol. The Kier molecular flexibility index (Phi) is 4.37. The van der Waals surface area contributed by atoms with Crippen molar-refractivity contribution < 1.29 is 9.31 Å². The summed E-state index contributed by atoms with van der Waals surface area (Å²) in [6.45, 7) is 8.14. The van der Waals surface area contributed by atoms with Crippen molar-refractivity contribution in [3.8, 4) is 22.5 Å². The molecule has 27 heavy (non-hydrogen) atoms. The Morgan fingerprint density at radius 2 is 1.07 bits per heavy atom. The molecule has 0 spiro atoms. The number of aromatic nitrogens is 2. The zero-order valence-corrected chi connectivity index (χ0v) is 16.1. The van der Waals surface area contributed by atoms with Gasteiger partial charge in [0.2, 0.25) is 0 Å². The van der Waals surface area contributed by atoms with Crippen LogP contribution in [0.25, 0.3) is 22.5 Å². The Balaban J connectivity index is 1.82. The van der Waals surface area contributed by atoms with Crippen molar-refractivity contribution in [2.45, 2.75) is 38.9 Å². The molecule has 136 valence electrons. The van der Waals surface area contributed by atoms with Crippen LogP contribution in [0.2, 0.25) is 0 Å². The Hall–Kier alpha value is -2.50. The molecule has 3 aromatic rings. The van der Waals surface area contributed by atoms with Crippen LogP contribution in [-0.4, -0.2) is 28.3 Å². The zero-order valence-electron chi connectivity index (χ0n) is 16.1. The number of nitrogens with zero attached hydrogens (tertiary/aromatic N) is 2. The molecule has 4 nitrogen and oxygen atoms in total. The minimum Gasteiger partial charge on any atom is -0.397 e. The minimum atomic E-state index is -0.596. The van der Waals surface area contributed by atoms with Crippen molar-refractivity contribution in [2.24, 2.45) is 0 Å². The van der Waals surface area contributed by atoms with E-state index in [0.717, 1.165) is 22.5 Å². The van der Waals surface area contributed by atoms with Gasteiger partial charge >= 0.3 is 7.12 Å². The van der Waals surface area contributed by atoms with Gasteiger partial charge in [-0.15, -0.1) is 0 Å². The Bertz CT molecular complexity index is 869. The molecule has 2 aromatic carbocycles. The normalized spacial score (nSPS) is 17.9. The lowest BCUT2D eigenvalue weighted by Gasteiger charge is -2.32. The van der Waals surface area contributed by atoms with Crippen LogP contribution in [0, 0.1) is 0 Å². The first kappa shape index (κ1) is 17.9. The van der Waals surface area contributed by atoms with E-state index < -0.39 is 18.3 Å². The van der Waals surface area contributed by atoms with Crippen LogP contribution in [0.15, 0.2) is 66.7 Å². The van der Waals surface area contributed by atoms with Crippen LogP contribution < -0.4 is 5.72 Å². The number of hydrogen-bond acceptors (Lipinski definition) is 4. The van der Waals surface area contributed by atoms with E-state index in [1.54, 1.807) is 0 Å². The van der Waals surface area contributed by atoms with Gasteiger partial charge in [0.05, 0.1) is 22.6 Å². The van der Waals surface area contributed by atoms with Crippen LogP contribution >= 0.6 is 0 Å². The molecule has 4 rings (SSSR count). The maximum Gasteiger partial charge on any atom is 0.534 e. The summed E-state index contributed by atoms with van der Waals surface area (Å²) in [5, 5.41) is 0. The van der Waals surface area contributed by atoms with Gasteiger partial charge in [-0.3, -0.25) is 0 Å². The molecule has 0 unspecified atom stereocenters. The molecule has 1 aliphatic heterocycles. The minimum absolute atomic E-state index is 0.434. The van der Waals surface area contributed by atoms with E-state index in [9.17, 15) is 0 Å². The summed E-state index contributed by atoms with van der Waals surface area (Å²) < 4.78 is 12.4. The molecule has 0 amide bonds. The average Bonchev–Trinajstić information content (AvgIpc) is 2.90. The van der Waals surface area contributed by atoms with Gasteiger partial charge in [-0.05, 0) is 33.8 Å². The SMILES string of the molecule is CC1(C)OB(c2nc(-c3ccccc3)cc(-c3ccccc3)n2)OC1(C)C. The molecule has 0 aliphatic carbocycles. The van der Waals surface area contributed by atoms with Crippen LogP contribution in [0.5, 0.6) is 0 Å². The largest absolute Gasteiger partial charge is 0.534 e. The summed E-state index contributed by atoms with van der Waals surface area (Å²) in [5.41, 5.74) is 3.47. The first-order chi connectivity index (χ1) is 12.9. The van der Waals surface area contributed by atoms with Crippen LogP contribution in [0.4, 0.5) is 0 Å². The first-order valence-electron chi connectivity index (χ1n) is 9.21. The quantitative estimate of drug-likeness (QED) is 0.661. The van der Waals surface area contributed by atoms with E-state index in [1.807, 2.05) is 94.4 Å². The van der Waals surface area contributed by atoms with Crippen molar-refractivity contribution >= 4 is 12.8 Å². The van der Waals surface area contributed by atoms with Gasteiger partial charge in [-0.1, -0.05) is 60.7 Å². The number of rotatable bonds is 3. The van der Waals surface area contributed by atoms with E-state index in [1.165, 1.54) is 0 Å². The smallest absolute Gasteiger partial charge is 0.397 e. The molecule has 0 atom stereocenters. The van der Waals surface area contributed by atoms with Crippen molar-refractivity contribution in [3.63, 3.8) is 0 Å². The van der Waals surface area contributed by atoms with E-state index >= 15 is 0 Å². The fourth-order valence-electron chi connectivity index (χ4n) is 3.03. The fraction of sp³-hybridized carbons (Fsp3) is 0.273. The molecule has 0 bridgehead atoms. The van der Waals surface area contributed by atoms with E-state index in [-0.39, 0.29) is 0 Å². The Labute approximate surface area is 160 Å². The van der Waals surface area contributed by atoms with Gasteiger partial charge in [0.15, 0.2) is 5.72 Å². The lowest BCUT2D eigenvalue weighted by atomic mass is 9.88. The molecule has 1 saturated heterocycles. The molecule has 0 radical (unpaired) electrons. The predicted octanol–water partition coefficient (Wildman–Crippen LogP) is 4.11. The van der Waals surface area contributed by atoms with Gasteiger partial charge in [0.25, 0.3) is 0 Å². The maximum atomic E-state index is 6.18. The molecule has 2 heterocycles. The van der Waals surface area contributed by atoms with E-state index in [2.05, 4.69) is 0 Å². The monoisotopic (exact) mass is 358 g/mol. The third-order valence-corrected chi connectivity index (χ3v) is 5.35. The molecule has 1 aromatic heterocycles. The summed E-state index contributed by atoms with van der Waals surface area (Å²) in [6, 6.07) is 22.2. The van der Waals surface area contributed by atoms with E-state index in [4.69, 9.17) is 19.3 Å². The summed E-state index contributed by atoms with van der Waals surface area (Å²) >= 11 is 0. The molecule has 0 N–H and O–H groups in total. The van der Waals surface area contributed by atoms with Crippen molar-refractivity contribution in [1.29, 1.82) is 0 Å². The predicted molar refractivity (Wildman–Crippen MR) is 109 cm³/mol. The van der Waals surface area contributed by atoms with Crippen LogP contribution in [-0.2, 0) is 9.31 Å². The highest BCUT2D eigenvalue weighted by molar-refractivity contribution is 6.60. The maximum absolute atomic E-state index is 6.18. The fourth-order valence-corrected chi connectivity index (χ4v) is 3.03. The topological polar surface area (TPSA) is 44.2 Å². The highest BCUT2D eigenvalue weighted by Gasteiger charge is 2.53. The summed E-state index contributed by atoms with van der Waals surface area (Å²) in [5.74, 6) is 0. The number of benzene rings is 2. The van der Waals surface area contributed by atoms with Crippen LogP contribution in [0.3, 0.4) is 0 Å². The molecule has 0 saturated carbocycles. The second-order valence-electron chi connectivity index (χ2n) is 7.82. The van der Waals surface area contributed by atoms with Gasteiger partial charge in [-0.2, -0.15) is 0 Å². The Morgan fingerprint density at radius 3 is 1.48 bits per heavy atom. The highest BCUT2D eigenvalue weighted by Crippen LogP contribution is 2.36. The van der Waals surface area contributed by atoms with Gasteiger partial charge in [0, 0.05) is 11.1 Å². The summed E-state index contributed by atoms with van der Waals surface area (Å²) in [4.78, 5) is 9.56. The molecular weight excluding hydrogens is 335 g/mol. The standard InChI is InChI=1S/C22H23BN2O2/c1-21(2)22(3,4)27-23(26-21)20-24-18(16-11-7-5-8-12-16)15-19(25-20)17-13-9-6-10-14-17/h5-15H,1-4H3. The second kappa shape index (κ2) is 6.59. The summed E-state index contributed by atoms with van der Waals surface area (Å²) in [7, 11) is -0.596. The highest BCUT2D eigenvalue weighted by atomic mass is 16.7. The van der Waals surface area contributed by atoms with Crippen molar-refractivity contribution in [2.75, 3.05) is 0 Å². The van der Waals surface area contributed by atoms with Crippen LogP contribution in [0.1, 0.15) is 27.7 Å². The van der Waals surface area contributed by atoms with Gasteiger partial charge in [0.1, 0.15) is 0 Å². The molecule has 1 aliphatic rings. The van der Waals surface area contributed by atoms with Gasteiger partial charge < -0.3 is 9.31 Å². The third kappa shape index (κ3) is 3.40. The molecule has 5 heteroatoms. The first-order valence-corrected chi connectivity index (χ1v) is 9.21. The van der Waals surface area contributed by atoms with Crippen molar-refractivity contribution in [3.05, 3.63) is 66.7 Å².